The predicted molar refractivity (Wildman–Crippen MR) is 111 cm³/mol. The Kier molecular flexibility index (Phi) is 4.18. The topological polar surface area (TPSA) is 77.8 Å². The summed E-state index contributed by atoms with van der Waals surface area (Å²) >= 11 is 1.38. The minimum atomic E-state index is -0.247. The van der Waals surface area contributed by atoms with Crippen LogP contribution in [0.1, 0.15) is 56.1 Å². The molecule has 3 aromatic rings. The predicted octanol–water partition coefficient (Wildman–Crippen LogP) is 4.04. The Hall–Kier alpha value is -2.45. The van der Waals surface area contributed by atoms with Crippen molar-refractivity contribution in [3.8, 4) is 5.75 Å². The van der Waals surface area contributed by atoms with E-state index in [1.54, 1.807) is 12.4 Å². The van der Waals surface area contributed by atoms with Crippen molar-refractivity contribution in [3.05, 3.63) is 41.3 Å². The second-order valence-corrected chi connectivity index (χ2v) is 9.49. The third-order valence-corrected chi connectivity index (χ3v) is 6.59. The number of ether oxygens (including phenoxy) is 2. The summed E-state index contributed by atoms with van der Waals surface area (Å²) in [5.74, 6) is 0.277. The second kappa shape index (κ2) is 6.53. The molecule has 0 aromatic carbocycles. The molecule has 1 N–H and O–H groups in total. The summed E-state index contributed by atoms with van der Waals surface area (Å²) < 4.78 is 13.9. The number of aromatic nitrogens is 3. The van der Waals surface area contributed by atoms with Crippen LogP contribution in [0.4, 0.5) is 5.13 Å². The summed E-state index contributed by atoms with van der Waals surface area (Å²) in [5.41, 5.74) is 2.22. The molecule has 0 spiro atoms. The minimum Gasteiger partial charge on any atom is -0.490 e. The molecular weight excluding hydrogens is 388 g/mol. The number of carbonyl (C=O) groups is 1. The molecule has 1 amide bonds. The molecule has 3 aromatic heterocycles. The van der Waals surface area contributed by atoms with Crippen molar-refractivity contribution in [2.24, 2.45) is 0 Å². The molecular formula is C21H24N4O3S. The van der Waals surface area contributed by atoms with Crippen molar-refractivity contribution in [1.29, 1.82) is 0 Å². The van der Waals surface area contributed by atoms with Gasteiger partial charge in [-0.1, -0.05) is 0 Å². The molecule has 5 rings (SSSR count). The molecule has 1 aliphatic heterocycles. The Balaban J connectivity index is 1.54. The van der Waals surface area contributed by atoms with Crippen LogP contribution in [0.5, 0.6) is 5.75 Å². The van der Waals surface area contributed by atoms with Gasteiger partial charge in [-0.15, -0.1) is 11.3 Å². The maximum absolute atomic E-state index is 12.9. The first-order chi connectivity index (χ1) is 13.9. The van der Waals surface area contributed by atoms with E-state index < -0.39 is 0 Å². The van der Waals surface area contributed by atoms with E-state index in [0.717, 1.165) is 30.6 Å². The molecule has 2 bridgehead atoms. The lowest BCUT2D eigenvalue weighted by molar-refractivity contribution is -0.00627. The van der Waals surface area contributed by atoms with E-state index in [-0.39, 0.29) is 23.0 Å². The number of fused-ring (bicyclic) bond motifs is 3. The lowest BCUT2D eigenvalue weighted by atomic mass is 9.84. The zero-order valence-corrected chi connectivity index (χ0v) is 17.6. The monoisotopic (exact) mass is 412 g/mol. The molecule has 4 heterocycles. The van der Waals surface area contributed by atoms with Gasteiger partial charge in [0, 0.05) is 35.5 Å². The van der Waals surface area contributed by atoms with E-state index in [2.05, 4.69) is 17.2 Å². The fourth-order valence-electron chi connectivity index (χ4n) is 4.49. The highest BCUT2D eigenvalue weighted by Crippen LogP contribution is 2.53. The summed E-state index contributed by atoms with van der Waals surface area (Å²) in [6.45, 7) is 6.78. The maximum Gasteiger partial charge on any atom is 0.262 e. The van der Waals surface area contributed by atoms with Crippen LogP contribution in [0, 0.1) is 0 Å². The number of carbonyl (C=O) groups excluding carboxylic acids is 1. The molecule has 1 saturated carbocycles. The van der Waals surface area contributed by atoms with Gasteiger partial charge in [0.15, 0.2) is 5.13 Å². The van der Waals surface area contributed by atoms with Crippen molar-refractivity contribution in [2.75, 3.05) is 11.9 Å². The Bertz CT molecular complexity index is 1070. The average Bonchev–Trinajstić information content (AvgIpc) is 3.42. The molecule has 2 unspecified atom stereocenters. The lowest BCUT2D eigenvalue weighted by Gasteiger charge is -2.24. The summed E-state index contributed by atoms with van der Waals surface area (Å²) in [6, 6.07) is 1.85. The van der Waals surface area contributed by atoms with Crippen LogP contribution in [-0.4, -0.2) is 38.6 Å². The number of nitrogens with zero attached hydrogens (tertiary/aromatic N) is 3. The minimum absolute atomic E-state index is 0.0247. The third-order valence-electron chi connectivity index (χ3n) is 5.90. The Morgan fingerprint density at radius 3 is 2.86 bits per heavy atom. The number of amides is 1. The van der Waals surface area contributed by atoms with Crippen LogP contribution in [0.15, 0.2) is 30.0 Å². The largest absolute Gasteiger partial charge is 0.490 e. The van der Waals surface area contributed by atoms with Gasteiger partial charge in [-0.3, -0.25) is 10.1 Å². The number of hydrogen-bond donors (Lipinski definition) is 1. The van der Waals surface area contributed by atoms with E-state index in [1.165, 1.54) is 11.3 Å². The molecule has 8 heteroatoms. The number of hydrogen-bond acceptors (Lipinski definition) is 6. The van der Waals surface area contributed by atoms with Crippen LogP contribution in [0.3, 0.4) is 0 Å². The summed E-state index contributed by atoms with van der Waals surface area (Å²) in [6.07, 6.45) is 8.58. The highest BCUT2D eigenvalue weighted by molar-refractivity contribution is 7.13. The molecule has 2 atom stereocenters. The molecule has 2 fully saturated rings. The fraction of sp³-hybridized carbons (Fsp3) is 0.476. The number of pyridine rings is 1. The molecule has 2 aliphatic rings. The zero-order valence-electron chi connectivity index (χ0n) is 16.8. The number of anilines is 1. The van der Waals surface area contributed by atoms with Gasteiger partial charge in [-0.25, -0.2) is 9.97 Å². The third kappa shape index (κ3) is 3.20. The Morgan fingerprint density at radius 2 is 2.24 bits per heavy atom. The number of rotatable bonds is 5. The van der Waals surface area contributed by atoms with Gasteiger partial charge < -0.3 is 13.9 Å². The Labute approximate surface area is 173 Å². The van der Waals surface area contributed by atoms with E-state index in [1.807, 2.05) is 35.9 Å². The standard InChI is InChI=1S/C21H24N4O3S/c1-13(2)28-15-8-17-23-16(21-5-4-20(3,11-21)27-12-21)10-25(17)9-14(15)18(26)24-19-22-6-7-29-19/h6-10,13H,4-5,11-12H2,1-3H3,(H,22,24,26). The lowest BCUT2D eigenvalue weighted by Crippen LogP contribution is -2.26. The van der Waals surface area contributed by atoms with Crippen LogP contribution >= 0.6 is 11.3 Å². The van der Waals surface area contributed by atoms with Gasteiger partial charge in [0.2, 0.25) is 0 Å². The van der Waals surface area contributed by atoms with E-state index in [4.69, 9.17) is 14.5 Å². The van der Waals surface area contributed by atoms with E-state index >= 15 is 0 Å². The normalized spacial score (nSPS) is 25.8. The molecule has 29 heavy (non-hydrogen) atoms. The Morgan fingerprint density at radius 1 is 1.38 bits per heavy atom. The molecule has 0 radical (unpaired) electrons. The van der Waals surface area contributed by atoms with Gasteiger partial charge in [-0.2, -0.15) is 0 Å². The van der Waals surface area contributed by atoms with Crippen LogP contribution in [0.2, 0.25) is 0 Å². The summed E-state index contributed by atoms with van der Waals surface area (Å²) in [4.78, 5) is 21.9. The van der Waals surface area contributed by atoms with Crippen LogP contribution in [0.25, 0.3) is 5.65 Å². The SMILES string of the molecule is CC(C)Oc1cc2nc(C34CCC(C)(C3)OC4)cn2cc1C(=O)Nc1nccs1. The smallest absolute Gasteiger partial charge is 0.262 e. The first kappa shape index (κ1) is 18.6. The van der Waals surface area contributed by atoms with Crippen molar-refractivity contribution < 1.29 is 14.3 Å². The van der Waals surface area contributed by atoms with Gasteiger partial charge in [0.25, 0.3) is 5.91 Å². The van der Waals surface area contributed by atoms with Gasteiger partial charge >= 0.3 is 0 Å². The van der Waals surface area contributed by atoms with Gasteiger partial charge in [-0.05, 0) is 40.0 Å². The number of imidazole rings is 1. The van der Waals surface area contributed by atoms with Crippen molar-refractivity contribution in [1.82, 2.24) is 14.4 Å². The van der Waals surface area contributed by atoms with Crippen molar-refractivity contribution >= 4 is 28.0 Å². The number of nitrogens with one attached hydrogen (secondary N) is 1. The summed E-state index contributed by atoms with van der Waals surface area (Å²) in [5, 5.41) is 5.23. The molecule has 1 saturated heterocycles. The summed E-state index contributed by atoms with van der Waals surface area (Å²) in [7, 11) is 0. The zero-order chi connectivity index (χ0) is 20.2. The van der Waals surface area contributed by atoms with Gasteiger partial charge in [0.05, 0.1) is 29.6 Å². The number of thiazole rings is 1. The highest BCUT2D eigenvalue weighted by atomic mass is 32.1. The first-order valence-electron chi connectivity index (χ1n) is 9.91. The average molecular weight is 413 g/mol. The second-order valence-electron chi connectivity index (χ2n) is 8.60. The van der Waals surface area contributed by atoms with Crippen LogP contribution < -0.4 is 10.1 Å². The molecule has 152 valence electrons. The molecule has 7 nitrogen and oxygen atoms in total. The fourth-order valence-corrected chi connectivity index (χ4v) is 5.01. The highest BCUT2D eigenvalue weighted by Gasteiger charge is 2.55. The quantitative estimate of drug-likeness (QED) is 0.684. The van der Waals surface area contributed by atoms with E-state index in [0.29, 0.717) is 23.1 Å². The first-order valence-corrected chi connectivity index (χ1v) is 10.8. The van der Waals surface area contributed by atoms with E-state index in [9.17, 15) is 4.79 Å². The van der Waals surface area contributed by atoms with Crippen molar-refractivity contribution in [3.63, 3.8) is 0 Å². The maximum atomic E-state index is 12.9. The van der Waals surface area contributed by atoms with Crippen LogP contribution in [-0.2, 0) is 10.2 Å². The van der Waals surface area contributed by atoms with Gasteiger partial charge in [0.1, 0.15) is 11.4 Å². The molecule has 1 aliphatic carbocycles. The van der Waals surface area contributed by atoms with Crippen molar-refractivity contribution in [2.45, 2.75) is 57.2 Å².